The first-order valence-electron chi connectivity index (χ1n) is 41.5. The Bertz CT molecular complexity index is 5890. The Morgan fingerprint density at radius 3 is 1.28 bits per heavy atom. The molecule has 0 aliphatic carbocycles. The minimum Gasteiger partial charge on any atom is -0.493 e. The number of Topliss-reactive ketones (excluding diaryl/α,β-unsaturated/α-hetero) is 4. The van der Waals surface area contributed by atoms with E-state index in [4.69, 9.17) is 66.6 Å². The van der Waals surface area contributed by atoms with Gasteiger partial charge in [-0.05, 0) is 217 Å². The Morgan fingerprint density at radius 1 is 0.452 bits per heavy atom. The number of fused-ring (bicyclic) bond motifs is 1. The summed E-state index contributed by atoms with van der Waals surface area (Å²) >= 11 is 12.9. The molecule has 124 heavy (non-hydrogen) atoms. The van der Waals surface area contributed by atoms with Crippen LogP contribution in [0.3, 0.4) is 0 Å². The van der Waals surface area contributed by atoms with Crippen LogP contribution in [0.15, 0.2) is 219 Å². The van der Waals surface area contributed by atoms with Crippen LogP contribution in [-0.2, 0) is 75.8 Å². The van der Waals surface area contributed by atoms with Crippen molar-refractivity contribution in [3.63, 3.8) is 0 Å². The number of ether oxygens (including phenoxy) is 7. The molecule has 26 heteroatoms. The third kappa shape index (κ3) is 23.1. The van der Waals surface area contributed by atoms with Gasteiger partial charge in [0.25, 0.3) is 0 Å². The molecule has 0 bridgehead atoms. The molecule has 0 unspecified atom stereocenters. The topological polar surface area (TPSA) is 238 Å². The van der Waals surface area contributed by atoms with E-state index in [0.717, 1.165) is 117 Å². The Kier molecular flexibility index (Phi) is 29.5. The second-order valence-electron chi connectivity index (χ2n) is 33.9. The van der Waals surface area contributed by atoms with Crippen LogP contribution in [0.1, 0.15) is 140 Å². The highest BCUT2D eigenvalue weighted by Crippen LogP contribution is 2.38. The summed E-state index contributed by atoms with van der Waals surface area (Å²) in [6.45, 7) is 35.0. The summed E-state index contributed by atoms with van der Waals surface area (Å²) < 4.78 is 64.3. The predicted octanol–water partition coefficient (Wildman–Crippen LogP) is 20.6. The van der Waals surface area contributed by atoms with Crippen LogP contribution < -0.4 is 14.4 Å². The Labute approximate surface area is 734 Å². The molecule has 0 saturated carbocycles. The summed E-state index contributed by atoms with van der Waals surface area (Å²) in [4.78, 5) is 54.0. The van der Waals surface area contributed by atoms with Crippen LogP contribution in [0, 0.1) is 17.2 Å². The first kappa shape index (κ1) is 91.6. The van der Waals surface area contributed by atoms with Crippen molar-refractivity contribution in [1.29, 1.82) is 0 Å². The van der Waals surface area contributed by atoms with Gasteiger partial charge in [-0.3, -0.25) is 28.8 Å². The molecule has 648 valence electrons. The van der Waals surface area contributed by atoms with Gasteiger partial charge in [-0.1, -0.05) is 135 Å². The number of aryl methyl sites for hydroxylation is 1. The van der Waals surface area contributed by atoms with Gasteiger partial charge in [0.15, 0.2) is 23.1 Å². The molecule has 0 atom stereocenters. The molecular weight excluding hydrogens is 1610 g/mol. The lowest BCUT2D eigenvalue weighted by atomic mass is 9.99. The number of carbonyl (C=O) groups excluding carboxylic acids is 4. The van der Waals surface area contributed by atoms with E-state index in [1.54, 1.807) is 96.1 Å². The largest absolute Gasteiger partial charge is 0.493 e. The van der Waals surface area contributed by atoms with Crippen molar-refractivity contribution < 1.29 is 56.7 Å². The average molecular weight is 1720 g/mol. The van der Waals surface area contributed by atoms with Gasteiger partial charge in [0.05, 0.1) is 149 Å². The molecule has 2 aliphatic heterocycles. The van der Waals surface area contributed by atoms with Crippen molar-refractivity contribution >= 4 is 62.9 Å². The normalized spacial score (nSPS) is 13.0. The number of benzene rings is 7. The second kappa shape index (κ2) is 39.9. The summed E-state index contributed by atoms with van der Waals surface area (Å²) in [5.41, 5.74) is 11.4. The molecule has 15 rings (SSSR count). The van der Waals surface area contributed by atoms with Gasteiger partial charge in [-0.25, -0.2) is 23.1 Å². The Balaban J connectivity index is 0.000000151. The number of anilines is 1. The van der Waals surface area contributed by atoms with Gasteiger partial charge in [0.2, 0.25) is 0 Å². The monoisotopic (exact) mass is 1720 g/mol. The van der Waals surface area contributed by atoms with Gasteiger partial charge in [0, 0.05) is 53.8 Å². The molecule has 2 fully saturated rings. The number of halogens is 3. The van der Waals surface area contributed by atoms with Gasteiger partial charge in [-0.2, -0.15) is 25.5 Å². The molecule has 0 spiro atoms. The van der Waals surface area contributed by atoms with E-state index in [2.05, 4.69) is 101 Å². The number of aromatic nitrogens is 11. The minimum atomic E-state index is -0.930. The fourth-order valence-corrected chi connectivity index (χ4v) is 13.1. The number of hydrogen-bond donors (Lipinski definition) is 0. The molecule has 6 aromatic heterocycles. The molecule has 2 saturated heterocycles. The number of para-hydroxylation sites is 5. The zero-order valence-electron chi connectivity index (χ0n) is 73.3. The standard InChI is InChI=1S/C29H37N3O3.C25H27FN2O4.C24H25ClN4O2.C20H20ClN3O2/c1-21(33)29(5,6)35-19-23-18-27(22-11-9-12-24(17-22)34-20-28(2,3)4)32(30-23)26-14-8-7-13-25(26)31-15-10-16-31;1-17(29)25(2,3)32-16-20-12-24(28(27-20)23-10-5-4-9-22(23)26)19-7-6-8-21(11-19)31-15-18-13-30-14-18;1-5-28-22-12-17(10-11-18(22)14-26-28)23-13-19(15-31-24(3,4)16(2)30)27-29(23)21-9-7-6-8-20(21)25;1-14(25)20(2,3)26-13-15-12-19(17-9-6-7-11-22-17)24(23-15)18-10-5-4-8-16(18)21/h7-9,11-14,17-18H,10,15-16,19-20H2,1-6H3;4-12,18H,13-16H2,1-3H3;6-14H,5,15H2,1-4H3;4-12H,13H2,1-3H3. The quantitative estimate of drug-likeness (QED) is 0.0392. The molecule has 8 heterocycles. The zero-order valence-corrected chi connectivity index (χ0v) is 74.9. The number of rotatable bonds is 31. The van der Waals surface area contributed by atoms with E-state index in [1.165, 1.54) is 38.9 Å². The number of carbonyl (C=O) groups is 4. The molecule has 7 aromatic carbocycles. The lowest BCUT2D eigenvalue weighted by molar-refractivity contribution is -0.140. The Hall–Kier alpha value is -11.6. The van der Waals surface area contributed by atoms with Crippen LogP contribution in [-0.4, -0.2) is 139 Å². The summed E-state index contributed by atoms with van der Waals surface area (Å²) in [7, 11) is 0. The van der Waals surface area contributed by atoms with Crippen LogP contribution in [0.2, 0.25) is 10.0 Å². The van der Waals surface area contributed by atoms with E-state index in [-0.39, 0.29) is 60.8 Å². The molecular formula is C98H109Cl2FN12O11. The predicted molar refractivity (Wildman–Crippen MR) is 483 cm³/mol. The highest BCUT2D eigenvalue weighted by molar-refractivity contribution is 6.32. The maximum atomic E-state index is 14.6. The van der Waals surface area contributed by atoms with Gasteiger partial charge in [-0.15, -0.1) is 0 Å². The number of hydrogen-bond acceptors (Lipinski definition) is 18. The maximum absolute atomic E-state index is 14.6. The molecule has 13 aromatic rings. The number of nitrogens with zero attached hydrogens (tertiary/aromatic N) is 12. The van der Waals surface area contributed by atoms with E-state index in [0.29, 0.717) is 57.6 Å². The highest BCUT2D eigenvalue weighted by atomic mass is 35.5. The minimum absolute atomic E-state index is 0.0102. The fourth-order valence-electron chi connectivity index (χ4n) is 12.7. The smallest absolute Gasteiger partial charge is 0.161 e. The maximum Gasteiger partial charge on any atom is 0.161 e. The van der Waals surface area contributed by atoms with Crippen molar-refractivity contribution in [2.24, 2.45) is 11.3 Å². The SMILES string of the molecule is CC(=O)C(C)(C)OCc1cc(-c2cccc(OCC(C)(C)C)c2)n(-c2ccccc2N2CCC2)n1.CC(=O)C(C)(C)OCc1cc(-c2cccc(OCC3COC3)c2)n(-c2ccccc2F)n1.CC(=O)C(C)(C)OCc1cc(-c2ccccn2)n(-c2ccccc2Cl)n1.CCn1ncc2ccc(-c3cc(COC(C)(C)C(C)=O)nn3-c3ccccc3Cl)cc21. The third-order valence-electron chi connectivity index (χ3n) is 21.6. The summed E-state index contributed by atoms with van der Waals surface area (Å²) in [6.07, 6.45) is 4.80. The first-order chi connectivity index (χ1) is 59.0. The van der Waals surface area contributed by atoms with E-state index in [1.807, 2.05) is 154 Å². The van der Waals surface area contributed by atoms with Crippen molar-refractivity contribution in [3.05, 3.63) is 257 Å². The fraction of sp³-hybridized carbons (Fsp3) is 0.347. The second-order valence-corrected chi connectivity index (χ2v) is 34.7. The van der Waals surface area contributed by atoms with E-state index in [9.17, 15) is 23.6 Å². The zero-order chi connectivity index (χ0) is 88.8. The van der Waals surface area contributed by atoms with Crippen molar-refractivity contribution in [2.45, 2.75) is 173 Å². The highest BCUT2D eigenvalue weighted by Gasteiger charge is 2.31. The number of ketones is 4. The molecule has 23 nitrogen and oxygen atoms in total. The lowest BCUT2D eigenvalue weighted by Crippen LogP contribution is -2.37. The average Bonchev–Trinajstić information content (AvgIpc) is 1.63. The third-order valence-corrected chi connectivity index (χ3v) is 22.2. The van der Waals surface area contributed by atoms with Crippen LogP contribution in [0.25, 0.3) is 78.8 Å². The van der Waals surface area contributed by atoms with Crippen molar-refractivity contribution in [2.75, 3.05) is 44.4 Å². The molecule has 0 radical (unpaired) electrons. The van der Waals surface area contributed by atoms with Crippen molar-refractivity contribution in [1.82, 2.24) is 53.9 Å². The molecule has 2 aliphatic rings. The van der Waals surface area contributed by atoms with Crippen molar-refractivity contribution in [3.8, 4) is 79.4 Å². The lowest BCUT2D eigenvalue weighted by Gasteiger charge is -2.34. The molecule has 0 N–H and O–H groups in total. The van der Waals surface area contributed by atoms with Gasteiger partial charge < -0.3 is 38.1 Å². The Morgan fingerprint density at radius 2 is 0.863 bits per heavy atom. The van der Waals surface area contributed by atoms with Crippen LogP contribution >= 0.6 is 23.2 Å². The molecule has 0 amide bonds. The first-order valence-corrected chi connectivity index (χ1v) is 42.3. The summed E-state index contributed by atoms with van der Waals surface area (Å²) in [6, 6.07) is 65.4. The van der Waals surface area contributed by atoms with E-state index >= 15 is 0 Å². The summed E-state index contributed by atoms with van der Waals surface area (Å²) in [5, 5.41) is 25.7. The van der Waals surface area contributed by atoms with Gasteiger partial charge in [0.1, 0.15) is 45.4 Å². The van der Waals surface area contributed by atoms with E-state index < -0.39 is 22.4 Å². The summed E-state index contributed by atoms with van der Waals surface area (Å²) in [5.74, 6) is 1.44. The van der Waals surface area contributed by atoms with Crippen LogP contribution in [0.5, 0.6) is 11.5 Å². The van der Waals surface area contributed by atoms with Gasteiger partial charge >= 0.3 is 0 Å². The van der Waals surface area contributed by atoms with Crippen LogP contribution in [0.4, 0.5) is 10.1 Å². The number of pyridine rings is 1.